The van der Waals surface area contributed by atoms with E-state index in [9.17, 15) is 9.90 Å². The zero-order chi connectivity index (χ0) is 15.0. The summed E-state index contributed by atoms with van der Waals surface area (Å²) >= 11 is 0. The Bertz CT molecular complexity index is 291. The molecule has 118 valence electrons. The number of hydrogen-bond acceptors (Lipinski definition) is 4. The van der Waals surface area contributed by atoms with Crippen LogP contribution in [0.25, 0.3) is 0 Å². The number of piperidine rings is 1. The Morgan fingerprint density at radius 3 is 2.50 bits per heavy atom. The van der Waals surface area contributed by atoms with Crippen LogP contribution in [0.5, 0.6) is 0 Å². The van der Waals surface area contributed by atoms with Gasteiger partial charge in [0.25, 0.3) is 0 Å². The fraction of sp³-hybridized carbons (Fsp3) is 0.933. The van der Waals surface area contributed by atoms with Crippen LogP contribution in [0.3, 0.4) is 0 Å². The third kappa shape index (κ3) is 4.72. The maximum absolute atomic E-state index is 11.5. The van der Waals surface area contributed by atoms with Crippen LogP contribution in [-0.4, -0.2) is 60.9 Å². The molecule has 20 heavy (non-hydrogen) atoms. The average Bonchev–Trinajstić information content (AvgIpc) is 2.46. The molecule has 0 aliphatic carbocycles. The molecule has 0 aromatic carbocycles. The van der Waals surface area contributed by atoms with Crippen LogP contribution in [0.15, 0.2) is 0 Å². The number of nitrogens with zero attached hydrogens (tertiary/aromatic N) is 1. The van der Waals surface area contributed by atoms with Gasteiger partial charge < -0.3 is 20.1 Å². The molecule has 0 bridgehead atoms. The molecule has 1 heterocycles. The van der Waals surface area contributed by atoms with E-state index in [2.05, 4.69) is 10.2 Å². The number of methoxy groups -OCH3 is 1. The molecule has 1 rings (SSSR count). The van der Waals surface area contributed by atoms with Crippen molar-refractivity contribution < 1.29 is 14.6 Å². The highest BCUT2D eigenvalue weighted by Gasteiger charge is 2.35. The van der Waals surface area contributed by atoms with Gasteiger partial charge in [-0.15, -0.1) is 0 Å². The molecule has 1 atom stereocenters. The van der Waals surface area contributed by atoms with Crippen LogP contribution in [0.2, 0.25) is 0 Å². The average molecular weight is 286 g/mol. The monoisotopic (exact) mass is 286 g/mol. The highest BCUT2D eigenvalue weighted by atomic mass is 16.5. The summed E-state index contributed by atoms with van der Waals surface area (Å²) in [4.78, 5) is 13.9. The van der Waals surface area contributed by atoms with Gasteiger partial charge in [-0.3, -0.25) is 4.79 Å². The Morgan fingerprint density at radius 1 is 1.40 bits per heavy atom. The molecule has 5 nitrogen and oxygen atoms in total. The summed E-state index contributed by atoms with van der Waals surface area (Å²) in [6, 6.07) is 0. The molecule has 2 N–H and O–H groups in total. The van der Waals surface area contributed by atoms with Crippen molar-refractivity contribution in [3.8, 4) is 0 Å². The van der Waals surface area contributed by atoms with E-state index in [1.165, 1.54) is 0 Å². The van der Waals surface area contributed by atoms with Gasteiger partial charge in [-0.05, 0) is 45.2 Å². The largest absolute Gasteiger partial charge is 0.480 e. The van der Waals surface area contributed by atoms with Crippen molar-refractivity contribution in [3.63, 3.8) is 0 Å². The molecular formula is C15H30N2O3. The molecule has 1 aliphatic rings. The number of carboxylic acid groups (broad SMARTS) is 1. The van der Waals surface area contributed by atoms with Crippen LogP contribution in [0.1, 0.15) is 46.0 Å². The second-order valence-electron chi connectivity index (χ2n) is 5.65. The molecule has 5 heteroatoms. The van der Waals surface area contributed by atoms with Crippen molar-refractivity contribution in [2.45, 2.75) is 57.6 Å². The van der Waals surface area contributed by atoms with Gasteiger partial charge in [0, 0.05) is 20.2 Å². The molecule has 0 radical (unpaired) electrons. The van der Waals surface area contributed by atoms with Gasteiger partial charge in [0.2, 0.25) is 0 Å². The minimum Gasteiger partial charge on any atom is -0.480 e. The minimum atomic E-state index is -0.750. The lowest BCUT2D eigenvalue weighted by Crippen LogP contribution is -2.52. The van der Waals surface area contributed by atoms with E-state index in [1.54, 1.807) is 7.11 Å². The van der Waals surface area contributed by atoms with Crippen molar-refractivity contribution >= 4 is 5.97 Å². The van der Waals surface area contributed by atoms with E-state index in [-0.39, 0.29) is 0 Å². The summed E-state index contributed by atoms with van der Waals surface area (Å²) in [6.07, 6.45) is 4.81. The molecule has 1 aliphatic heterocycles. The van der Waals surface area contributed by atoms with Gasteiger partial charge in [-0.25, -0.2) is 0 Å². The smallest absolute Gasteiger partial charge is 0.323 e. The molecule has 0 amide bonds. The SMILES string of the molecule is CCNC(CC)(CCCN1CCC(OC)CC1)C(=O)O. The van der Waals surface area contributed by atoms with Crippen molar-refractivity contribution in [2.75, 3.05) is 33.3 Å². The fourth-order valence-electron chi connectivity index (χ4n) is 3.04. The maximum atomic E-state index is 11.5. The van der Waals surface area contributed by atoms with Gasteiger partial charge in [0.1, 0.15) is 5.54 Å². The summed E-state index contributed by atoms with van der Waals surface area (Å²) in [7, 11) is 1.78. The second-order valence-corrected chi connectivity index (χ2v) is 5.65. The molecule has 0 aromatic rings. The first-order chi connectivity index (χ1) is 9.57. The number of hydrogen-bond donors (Lipinski definition) is 2. The number of nitrogens with one attached hydrogen (secondary N) is 1. The first-order valence-electron chi connectivity index (χ1n) is 7.81. The van der Waals surface area contributed by atoms with E-state index in [0.29, 0.717) is 25.5 Å². The molecule has 1 unspecified atom stereocenters. The third-order valence-electron chi connectivity index (χ3n) is 4.47. The van der Waals surface area contributed by atoms with Crippen LogP contribution < -0.4 is 5.32 Å². The number of rotatable bonds is 9. The van der Waals surface area contributed by atoms with Gasteiger partial charge >= 0.3 is 5.97 Å². The Labute approximate surface area is 122 Å². The Hall–Kier alpha value is -0.650. The highest BCUT2D eigenvalue weighted by molar-refractivity contribution is 5.78. The number of carboxylic acids is 1. The Morgan fingerprint density at radius 2 is 2.05 bits per heavy atom. The van der Waals surface area contributed by atoms with Crippen molar-refractivity contribution in [3.05, 3.63) is 0 Å². The van der Waals surface area contributed by atoms with Gasteiger partial charge in [0.15, 0.2) is 0 Å². The van der Waals surface area contributed by atoms with Crippen molar-refractivity contribution in [2.24, 2.45) is 0 Å². The lowest BCUT2D eigenvalue weighted by molar-refractivity contribution is -0.145. The summed E-state index contributed by atoms with van der Waals surface area (Å²) in [5.74, 6) is -0.722. The predicted molar refractivity (Wildman–Crippen MR) is 80.0 cm³/mol. The van der Waals surface area contributed by atoms with Crippen molar-refractivity contribution in [1.82, 2.24) is 10.2 Å². The van der Waals surface area contributed by atoms with E-state index >= 15 is 0 Å². The Kier molecular flexibility index (Phi) is 7.48. The number of likely N-dealkylation sites (tertiary alicyclic amines) is 1. The van der Waals surface area contributed by atoms with Crippen LogP contribution in [-0.2, 0) is 9.53 Å². The summed E-state index contributed by atoms with van der Waals surface area (Å²) in [5, 5.41) is 12.6. The van der Waals surface area contributed by atoms with Crippen LogP contribution >= 0.6 is 0 Å². The molecule has 0 spiro atoms. The first-order valence-corrected chi connectivity index (χ1v) is 7.81. The first kappa shape index (κ1) is 17.4. The number of aliphatic carboxylic acids is 1. The van der Waals surface area contributed by atoms with E-state index in [4.69, 9.17) is 4.74 Å². The molecule has 0 aromatic heterocycles. The number of likely N-dealkylation sites (N-methyl/N-ethyl adjacent to an activating group) is 1. The van der Waals surface area contributed by atoms with Gasteiger partial charge in [0.05, 0.1) is 6.10 Å². The quantitative estimate of drug-likeness (QED) is 0.676. The van der Waals surface area contributed by atoms with Crippen LogP contribution in [0.4, 0.5) is 0 Å². The number of carbonyl (C=O) groups is 1. The molecule has 0 saturated carbocycles. The van der Waals surface area contributed by atoms with E-state index < -0.39 is 11.5 Å². The lowest BCUT2D eigenvalue weighted by Gasteiger charge is -2.33. The molecule has 1 fully saturated rings. The van der Waals surface area contributed by atoms with Gasteiger partial charge in [-0.2, -0.15) is 0 Å². The number of ether oxygens (including phenoxy) is 1. The third-order valence-corrected chi connectivity index (χ3v) is 4.47. The summed E-state index contributed by atoms with van der Waals surface area (Å²) in [5.41, 5.74) is -0.750. The normalized spacial score (nSPS) is 20.8. The standard InChI is InChI=1S/C15H30N2O3/c1-4-15(14(18)19,16-5-2)9-6-10-17-11-7-13(20-3)8-12-17/h13,16H,4-12H2,1-3H3,(H,18,19). The second kappa shape index (κ2) is 8.60. The van der Waals surface area contributed by atoms with Crippen LogP contribution in [0, 0.1) is 0 Å². The zero-order valence-corrected chi connectivity index (χ0v) is 13.2. The zero-order valence-electron chi connectivity index (χ0n) is 13.2. The van der Waals surface area contributed by atoms with Crippen molar-refractivity contribution in [1.29, 1.82) is 0 Å². The maximum Gasteiger partial charge on any atom is 0.323 e. The predicted octanol–water partition coefficient (Wildman–Crippen LogP) is 1.72. The summed E-state index contributed by atoms with van der Waals surface area (Å²) in [6.45, 7) is 7.71. The Balaban J connectivity index is 2.36. The highest BCUT2D eigenvalue weighted by Crippen LogP contribution is 2.20. The minimum absolute atomic E-state index is 0.404. The summed E-state index contributed by atoms with van der Waals surface area (Å²) < 4.78 is 5.36. The topological polar surface area (TPSA) is 61.8 Å². The van der Waals surface area contributed by atoms with E-state index in [0.717, 1.165) is 38.9 Å². The molecular weight excluding hydrogens is 256 g/mol. The lowest BCUT2D eigenvalue weighted by atomic mass is 9.90. The van der Waals surface area contributed by atoms with E-state index in [1.807, 2.05) is 13.8 Å². The molecule has 1 saturated heterocycles. The fourth-order valence-corrected chi connectivity index (χ4v) is 3.04. The van der Waals surface area contributed by atoms with Gasteiger partial charge in [-0.1, -0.05) is 13.8 Å².